The van der Waals surface area contributed by atoms with E-state index in [-0.39, 0.29) is 17.2 Å². The summed E-state index contributed by atoms with van der Waals surface area (Å²) in [6.45, 7) is 4.18. The largest absolute Gasteiger partial charge is 0.283 e. The minimum absolute atomic E-state index is 0.0743. The number of carbonyl (C=O) groups is 2. The lowest BCUT2D eigenvalue weighted by Gasteiger charge is -2.18. The van der Waals surface area contributed by atoms with Gasteiger partial charge in [0.2, 0.25) is 11.8 Å². The van der Waals surface area contributed by atoms with Crippen molar-refractivity contribution in [1.82, 2.24) is 4.90 Å². The Balaban J connectivity index is 2.35. The zero-order valence-electron chi connectivity index (χ0n) is 9.25. The second-order valence-electron chi connectivity index (χ2n) is 4.54. The zero-order valence-corrected chi connectivity index (χ0v) is 9.25. The molecule has 0 aliphatic carbocycles. The Morgan fingerprint density at radius 3 is 2.33 bits per heavy atom. The molecule has 0 unspecified atom stereocenters. The van der Waals surface area contributed by atoms with Crippen LogP contribution in [0.5, 0.6) is 0 Å². The highest BCUT2D eigenvalue weighted by Crippen LogP contribution is 2.22. The maximum Gasteiger partial charge on any atom is 0.229 e. The van der Waals surface area contributed by atoms with Gasteiger partial charge < -0.3 is 0 Å². The quantitative estimate of drug-likeness (QED) is 0.657. The Kier molecular flexibility index (Phi) is 3.46. The molecule has 1 rings (SSSR count). The van der Waals surface area contributed by atoms with Crippen LogP contribution in [0.1, 0.15) is 39.5 Å². The van der Waals surface area contributed by atoms with E-state index in [0.717, 1.165) is 0 Å². The Labute approximate surface area is 89.9 Å². The number of carbonyl (C=O) groups excluding carboxylic acids is 2. The molecule has 0 N–H and O–H groups in total. The highest BCUT2D eigenvalue weighted by Gasteiger charge is 2.28. The smallest absolute Gasteiger partial charge is 0.229 e. The SMILES string of the molecule is CC(C)(C#N)CCCN1C(=O)CCC1=O. The van der Waals surface area contributed by atoms with E-state index in [0.29, 0.717) is 32.2 Å². The van der Waals surface area contributed by atoms with Crippen LogP contribution in [0.25, 0.3) is 0 Å². The molecule has 4 heteroatoms. The molecule has 0 radical (unpaired) electrons. The van der Waals surface area contributed by atoms with Crippen molar-refractivity contribution in [3.05, 3.63) is 0 Å². The van der Waals surface area contributed by atoms with E-state index in [2.05, 4.69) is 6.07 Å². The fraction of sp³-hybridized carbons (Fsp3) is 0.727. The summed E-state index contributed by atoms with van der Waals surface area (Å²) < 4.78 is 0. The van der Waals surface area contributed by atoms with Gasteiger partial charge in [-0.1, -0.05) is 0 Å². The molecule has 0 aromatic carbocycles. The number of rotatable bonds is 4. The maximum atomic E-state index is 11.2. The summed E-state index contributed by atoms with van der Waals surface area (Å²) >= 11 is 0. The molecule has 15 heavy (non-hydrogen) atoms. The van der Waals surface area contributed by atoms with Crippen molar-refractivity contribution in [2.24, 2.45) is 5.41 Å². The van der Waals surface area contributed by atoms with E-state index >= 15 is 0 Å². The van der Waals surface area contributed by atoms with Crippen molar-refractivity contribution in [3.8, 4) is 6.07 Å². The molecule has 0 aromatic heterocycles. The molecule has 1 heterocycles. The standard InChI is InChI=1S/C11H16N2O2/c1-11(2,8-12)6-3-7-13-9(14)4-5-10(13)15/h3-7H2,1-2H3. The van der Waals surface area contributed by atoms with Crippen molar-refractivity contribution in [3.63, 3.8) is 0 Å². The topological polar surface area (TPSA) is 61.2 Å². The third kappa shape index (κ3) is 3.05. The van der Waals surface area contributed by atoms with Crippen LogP contribution < -0.4 is 0 Å². The Morgan fingerprint density at radius 2 is 1.87 bits per heavy atom. The first kappa shape index (κ1) is 11.7. The molecule has 2 amide bonds. The number of nitriles is 1. The van der Waals surface area contributed by atoms with Crippen LogP contribution in [-0.2, 0) is 9.59 Å². The predicted molar refractivity (Wildman–Crippen MR) is 54.6 cm³/mol. The van der Waals surface area contributed by atoms with Gasteiger partial charge in [0.05, 0.1) is 11.5 Å². The van der Waals surface area contributed by atoms with Gasteiger partial charge in [-0.15, -0.1) is 0 Å². The molecule has 4 nitrogen and oxygen atoms in total. The van der Waals surface area contributed by atoms with Gasteiger partial charge in [-0.2, -0.15) is 5.26 Å². The van der Waals surface area contributed by atoms with Crippen LogP contribution in [0.3, 0.4) is 0 Å². The van der Waals surface area contributed by atoms with Gasteiger partial charge >= 0.3 is 0 Å². The highest BCUT2D eigenvalue weighted by molar-refractivity contribution is 6.01. The molecule has 1 aliphatic rings. The first-order valence-corrected chi connectivity index (χ1v) is 5.21. The lowest BCUT2D eigenvalue weighted by molar-refractivity contribution is -0.138. The number of hydrogen-bond donors (Lipinski definition) is 0. The third-order valence-corrected chi connectivity index (χ3v) is 2.64. The first-order valence-electron chi connectivity index (χ1n) is 5.21. The number of amides is 2. The van der Waals surface area contributed by atoms with E-state index < -0.39 is 0 Å². The van der Waals surface area contributed by atoms with Gasteiger partial charge in [0.25, 0.3) is 0 Å². The average Bonchev–Trinajstić information content (AvgIpc) is 2.49. The lowest BCUT2D eigenvalue weighted by Crippen LogP contribution is -2.30. The summed E-state index contributed by atoms with van der Waals surface area (Å²) in [5.74, 6) is -0.149. The molecule has 1 fully saturated rings. The molecule has 0 saturated carbocycles. The third-order valence-electron chi connectivity index (χ3n) is 2.64. The van der Waals surface area contributed by atoms with Crippen molar-refractivity contribution in [2.75, 3.05) is 6.54 Å². The second kappa shape index (κ2) is 4.43. The van der Waals surface area contributed by atoms with Crippen LogP contribution in [0.4, 0.5) is 0 Å². The first-order chi connectivity index (χ1) is 6.96. The normalized spacial score (nSPS) is 17.0. The van der Waals surface area contributed by atoms with Gasteiger partial charge in [-0.05, 0) is 26.7 Å². The van der Waals surface area contributed by atoms with Crippen molar-refractivity contribution in [2.45, 2.75) is 39.5 Å². The predicted octanol–water partition coefficient (Wildman–Crippen LogP) is 1.47. The maximum absolute atomic E-state index is 11.2. The van der Waals surface area contributed by atoms with Crippen LogP contribution in [0.15, 0.2) is 0 Å². The van der Waals surface area contributed by atoms with E-state index in [1.165, 1.54) is 4.90 Å². The fourth-order valence-electron chi connectivity index (χ4n) is 1.61. The molecule has 82 valence electrons. The highest BCUT2D eigenvalue weighted by atomic mass is 16.2. The van der Waals surface area contributed by atoms with Crippen LogP contribution in [-0.4, -0.2) is 23.3 Å². The molecular formula is C11H16N2O2. The Bertz CT molecular complexity index is 299. The summed E-state index contributed by atoms with van der Waals surface area (Å²) in [4.78, 5) is 23.8. The molecule has 0 atom stereocenters. The minimum Gasteiger partial charge on any atom is -0.283 e. The van der Waals surface area contributed by atoms with E-state index in [9.17, 15) is 9.59 Å². The summed E-state index contributed by atoms with van der Waals surface area (Å²) in [6, 6.07) is 2.20. The monoisotopic (exact) mass is 208 g/mol. The number of imide groups is 1. The number of nitrogens with zero attached hydrogens (tertiary/aromatic N) is 2. The van der Waals surface area contributed by atoms with E-state index in [1.807, 2.05) is 13.8 Å². The minimum atomic E-state index is -0.369. The Morgan fingerprint density at radius 1 is 1.33 bits per heavy atom. The molecular weight excluding hydrogens is 192 g/mol. The van der Waals surface area contributed by atoms with Crippen LogP contribution in [0, 0.1) is 16.7 Å². The summed E-state index contributed by atoms with van der Waals surface area (Å²) in [5, 5.41) is 8.79. The van der Waals surface area contributed by atoms with E-state index in [1.54, 1.807) is 0 Å². The summed E-state index contributed by atoms with van der Waals surface area (Å²) in [6.07, 6.45) is 2.11. The summed E-state index contributed by atoms with van der Waals surface area (Å²) in [7, 11) is 0. The fourth-order valence-corrected chi connectivity index (χ4v) is 1.61. The van der Waals surface area contributed by atoms with Crippen LogP contribution in [0.2, 0.25) is 0 Å². The molecule has 1 saturated heterocycles. The molecule has 0 aromatic rings. The average molecular weight is 208 g/mol. The van der Waals surface area contributed by atoms with Gasteiger partial charge in [0.15, 0.2) is 0 Å². The van der Waals surface area contributed by atoms with Crippen molar-refractivity contribution < 1.29 is 9.59 Å². The van der Waals surface area contributed by atoms with Crippen molar-refractivity contribution in [1.29, 1.82) is 5.26 Å². The summed E-state index contributed by atoms with van der Waals surface area (Å²) in [5.41, 5.74) is -0.369. The van der Waals surface area contributed by atoms with Crippen molar-refractivity contribution >= 4 is 11.8 Å². The Hall–Kier alpha value is -1.37. The molecule has 1 aliphatic heterocycles. The van der Waals surface area contributed by atoms with Gasteiger partial charge in [-0.25, -0.2) is 0 Å². The van der Waals surface area contributed by atoms with Gasteiger partial charge in [0.1, 0.15) is 0 Å². The molecule has 0 bridgehead atoms. The second-order valence-corrected chi connectivity index (χ2v) is 4.54. The van der Waals surface area contributed by atoms with Gasteiger partial charge in [0, 0.05) is 19.4 Å². The number of likely N-dealkylation sites (tertiary alicyclic amines) is 1. The zero-order chi connectivity index (χ0) is 11.5. The van der Waals surface area contributed by atoms with Gasteiger partial charge in [-0.3, -0.25) is 14.5 Å². The van der Waals surface area contributed by atoms with Crippen LogP contribution >= 0.6 is 0 Å². The molecule has 0 spiro atoms. The number of hydrogen-bond acceptors (Lipinski definition) is 3. The lowest BCUT2D eigenvalue weighted by atomic mass is 9.90. The van der Waals surface area contributed by atoms with E-state index in [4.69, 9.17) is 5.26 Å².